The molecule has 0 aliphatic heterocycles. The molecule has 174 valence electrons. The van der Waals surface area contributed by atoms with Crippen LogP contribution in [0.25, 0.3) is 5.52 Å². The number of hydrogen-bond acceptors (Lipinski definition) is 5. The maximum Gasteiger partial charge on any atom is 0.446 e. The second-order valence-corrected chi connectivity index (χ2v) is 8.58. The van der Waals surface area contributed by atoms with Crippen molar-refractivity contribution >= 4 is 29.1 Å². The highest BCUT2D eigenvalue weighted by atomic mass is 32.2. The number of carbonyl (C=O) groups excluding carboxylic acids is 1. The molecule has 11 heteroatoms. The van der Waals surface area contributed by atoms with Gasteiger partial charge in [-0.2, -0.15) is 18.3 Å². The second-order valence-electron chi connectivity index (χ2n) is 7.50. The van der Waals surface area contributed by atoms with Crippen LogP contribution in [0.1, 0.15) is 37.8 Å². The summed E-state index contributed by atoms with van der Waals surface area (Å²) in [7, 11) is 3.43. The zero-order valence-corrected chi connectivity index (χ0v) is 18.8. The summed E-state index contributed by atoms with van der Waals surface area (Å²) in [5.74, 6) is 5.98. The summed E-state index contributed by atoms with van der Waals surface area (Å²) in [6.07, 6.45) is 5.16. The maximum absolute atomic E-state index is 13.2. The number of carbonyl (C=O) groups is 1. The third kappa shape index (κ3) is 6.46. The van der Waals surface area contributed by atoms with Crippen LogP contribution in [-0.2, 0) is 0 Å². The zero-order valence-electron chi connectivity index (χ0n) is 18.0. The van der Waals surface area contributed by atoms with Crippen molar-refractivity contribution in [1.29, 1.82) is 0 Å². The lowest BCUT2D eigenvalue weighted by Crippen LogP contribution is -2.32. The monoisotopic (exact) mass is 468 g/mol. The number of fused-ring (bicyclic) bond motifs is 1. The van der Waals surface area contributed by atoms with Crippen molar-refractivity contribution in [3.63, 3.8) is 0 Å². The lowest BCUT2D eigenvalue weighted by molar-refractivity contribution is -0.0327. The summed E-state index contributed by atoms with van der Waals surface area (Å²) in [5.41, 5.74) is -4.12. The average molecular weight is 469 g/mol. The number of thioether (sulfide) groups is 1. The molecule has 2 heterocycles. The van der Waals surface area contributed by atoms with Crippen molar-refractivity contribution in [2.24, 2.45) is 0 Å². The van der Waals surface area contributed by atoms with Crippen LogP contribution in [0.2, 0.25) is 0 Å². The highest BCUT2D eigenvalue weighted by Crippen LogP contribution is 2.41. The van der Waals surface area contributed by atoms with E-state index in [0.29, 0.717) is 17.4 Å². The molecule has 1 aliphatic carbocycles. The van der Waals surface area contributed by atoms with Gasteiger partial charge in [-0.3, -0.25) is 0 Å². The smallest absolute Gasteiger partial charge is 0.367 e. The minimum Gasteiger partial charge on any atom is -0.367 e. The average Bonchev–Trinajstić information content (AvgIpc) is 2.93. The molecule has 2 atom stereocenters. The standard InChI is InChI=1S/C21H27F3N6OS/c1-25-14-6-3-7-15(12-11-14)28-18-10-4-9-17-19(32-21(22,23)24)16(29-30(17)18)8-5-13-27-20(31)26-2/h4,9-10,14-15,25,28H,3,6-7,11-13H2,1-2H3,(H2,26,27,31). The number of hydrogen-bond donors (Lipinski definition) is 4. The first-order valence-corrected chi connectivity index (χ1v) is 11.3. The van der Waals surface area contributed by atoms with Crippen molar-refractivity contribution in [3.05, 3.63) is 23.9 Å². The number of nitrogens with zero attached hydrogens (tertiary/aromatic N) is 2. The molecule has 7 nitrogen and oxygen atoms in total. The Kier molecular flexibility index (Phi) is 8.15. The summed E-state index contributed by atoms with van der Waals surface area (Å²) in [6, 6.07) is 5.42. The summed E-state index contributed by atoms with van der Waals surface area (Å²) in [4.78, 5) is 11.2. The van der Waals surface area contributed by atoms with E-state index < -0.39 is 11.5 Å². The molecule has 0 saturated heterocycles. The third-order valence-corrected chi connectivity index (χ3v) is 6.17. The van der Waals surface area contributed by atoms with Crippen molar-refractivity contribution in [1.82, 2.24) is 25.6 Å². The highest BCUT2D eigenvalue weighted by molar-refractivity contribution is 8.00. The first-order chi connectivity index (χ1) is 15.3. The summed E-state index contributed by atoms with van der Waals surface area (Å²) in [6.45, 7) is -0.0104. The van der Waals surface area contributed by atoms with Gasteiger partial charge in [0.05, 0.1) is 17.0 Å². The molecule has 3 rings (SSSR count). The van der Waals surface area contributed by atoms with Gasteiger partial charge >= 0.3 is 11.5 Å². The molecule has 4 N–H and O–H groups in total. The molecule has 2 aromatic rings. The lowest BCUT2D eigenvalue weighted by atomic mass is 10.1. The molecule has 1 aliphatic rings. The van der Waals surface area contributed by atoms with E-state index in [1.807, 2.05) is 13.1 Å². The minimum atomic E-state index is -4.48. The lowest BCUT2D eigenvalue weighted by Gasteiger charge is -2.18. The Morgan fingerprint density at radius 2 is 1.97 bits per heavy atom. The van der Waals surface area contributed by atoms with Crippen LogP contribution in [-0.4, -0.2) is 53.9 Å². The van der Waals surface area contributed by atoms with Gasteiger partial charge < -0.3 is 21.3 Å². The Morgan fingerprint density at radius 3 is 2.69 bits per heavy atom. The van der Waals surface area contributed by atoms with Crippen molar-refractivity contribution < 1.29 is 18.0 Å². The SMILES string of the molecule is CNC(=O)NCC#Cc1nn2c(NC3CCCC(NC)CC3)cccc2c1SC(F)(F)F. The van der Waals surface area contributed by atoms with Gasteiger partial charge in [0.25, 0.3) is 0 Å². The topological polar surface area (TPSA) is 82.5 Å². The number of anilines is 1. The molecule has 0 spiro atoms. The molecule has 1 saturated carbocycles. The van der Waals surface area contributed by atoms with E-state index in [9.17, 15) is 18.0 Å². The summed E-state index contributed by atoms with van der Waals surface area (Å²) < 4.78 is 41.2. The first kappa shape index (κ1) is 24.1. The second kappa shape index (κ2) is 10.8. The fourth-order valence-corrected chi connectivity index (χ4v) is 4.42. The van der Waals surface area contributed by atoms with Gasteiger partial charge in [0.2, 0.25) is 0 Å². The molecule has 1 fully saturated rings. The van der Waals surface area contributed by atoms with Crippen LogP contribution < -0.4 is 21.3 Å². The molecule has 2 amide bonds. The van der Waals surface area contributed by atoms with E-state index in [-0.39, 0.29) is 34.9 Å². The fraction of sp³-hybridized carbons (Fsp3) is 0.524. The predicted molar refractivity (Wildman–Crippen MR) is 120 cm³/mol. The number of aromatic nitrogens is 2. The third-order valence-electron chi connectivity index (χ3n) is 5.33. The van der Waals surface area contributed by atoms with Crippen LogP contribution in [0.5, 0.6) is 0 Å². The first-order valence-electron chi connectivity index (χ1n) is 10.5. The molecule has 0 aromatic carbocycles. The largest absolute Gasteiger partial charge is 0.446 e. The molecule has 2 aromatic heterocycles. The van der Waals surface area contributed by atoms with Crippen molar-refractivity contribution in [2.45, 2.75) is 54.6 Å². The molecule has 0 bridgehead atoms. The molecular weight excluding hydrogens is 441 g/mol. The van der Waals surface area contributed by atoms with Crippen molar-refractivity contribution in [2.75, 3.05) is 26.0 Å². The van der Waals surface area contributed by atoms with Gasteiger partial charge in [-0.25, -0.2) is 9.31 Å². The molecule has 0 radical (unpaired) electrons. The van der Waals surface area contributed by atoms with Crippen LogP contribution in [0, 0.1) is 11.8 Å². The number of pyridine rings is 1. The Morgan fingerprint density at radius 1 is 1.22 bits per heavy atom. The number of halogens is 3. The van der Waals surface area contributed by atoms with Gasteiger partial charge in [0.1, 0.15) is 11.5 Å². The number of urea groups is 1. The quantitative estimate of drug-likeness (QED) is 0.307. The molecule has 32 heavy (non-hydrogen) atoms. The number of alkyl halides is 3. The summed E-state index contributed by atoms with van der Waals surface area (Å²) >= 11 is -0.228. The minimum absolute atomic E-state index is 0.0104. The van der Waals surface area contributed by atoms with E-state index in [2.05, 4.69) is 38.2 Å². The van der Waals surface area contributed by atoms with E-state index >= 15 is 0 Å². The Hall–Kier alpha value is -2.58. The van der Waals surface area contributed by atoms with Crippen molar-refractivity contribution in [3.8, 4) is 11.8 Å². The molecule has 2 unspecified atom stereocenters. The number of rotatable bonds is 5. The summed E-state index contributed by atoms with van der Waals surface area (Å²) in [5, 5.41) is 16.0. The predicted octanol–water partition coefficient (Wildman–Crippen LogP) is 3.56. The van der Waals surface area contributed by atoms with E-state index in [1.165, 1.54) is 11.6 Å². The van der Waals surface area contributed by atoms with Crippen LogP contribution in [0.4, 0.5) is 23.8 Å². The fourth-order valence-electron chi connectivity index (χ4n) is 3.74. The van der Waals surface area contributed by atoms with E-state index in [0.717, 1.165) is 32.1 Å². The molecular formula is C21H27F3N6OS. The van der Waals surface area contributed by atoms with E-state index in [1.54, 1.807) is 12.1 Å². The number of amides is 2. The Balaban J connectivity index is 1.89. The van der Waals surface area contributed by atoms with Gasteiger partial charge in [-0.1, -0.05) is 12.0 Å². The van der Waals surface area contributed by atoms with Gasteiger partial charge in [0.15, 0.2) is 0 Å². The van der Waals surface area contributed by atoms with Crippen LogP contribution in [0.15, 0.2) is 23.1 Å². The number of nitrogens with one attached hydrogen (secondary N) is 4. The van der Waals surface area contributed by atoms with Gasteiger partial charge in [-0.05, 0) is 69.0 Å². The van der Waals surface area contributed by atoms with Gasteiger partial charge in [0, 0.05) is 19.1 Å². The normalized spacial score (nSPS) is 19.0. The zero-order chi connectivity index (χ0) is 23.1. The highest BCUT2D eigenvalue weighted by Gasteiger charge is 2.33. The van der Waals surface area contributed by atoms with E-state index in [4.69, 9.17) is 0 Å². The van der Waals surface area contributed by atoms with Crippen LogP contribution >= 0.6 is 11.8 Å². The Labute approximate surface area is 189 Å². The van der Waals surface area contributed by atoms with Crippen LogP contribution in [0.3, 0.4) is 0 Å². The maximum atomic E-state index is 13.2. The van der Waals surface area contributed by atoms with Gasteiger partial charge in [-0.15, -0.1) is 0 Å². The Bertz CT molecular complexity index is 997.